The van der Waals surface area contributed by atoms with E-state index < -0.39 is 0 Å². The predicted octanol–water partition coefficient (Wildman–Crippen LogP) is 1.71. The van der Waals surface area contributed by atoms with E-state index in [0.29, 0.717) is 5.75 Å². The Morgan fingerprint density at radius 2 is 1.80 bits per heavy atom. The van der Waals surface area contributed by atoms with Gasteiger partial charge in [-0.15, -0.1) is 0 Å². The zero-order valence-corrected chi connectivity index (χ0v) is 11.6. The molecule has 2 N–H and O–H groups in total. The van der Waals surface area contributed by atoms with Gasteiger partial charge >= 0.3 is 0 Å². The van der Waals surface area contributed by atoms with Crippen LogP contribution in [0.25, 0.3) is 0 Å². The minimum absolute atomic E-state index is 0.0355. The van der Waals surface area contributed by atoms with Crippen LogP contribution >= 0.6 is 0 Å². The quantitative estimate of drug-likeness (QED) is 0.823. The largest absolute Gasteiger partial charge is 0.484 e. The van der Waals surface area contributed by atoms with Crippen molar-refractivity contribution in [2.75, 3.05) is 6.61 Å². The molecule has 0 radical (unpaired) electrons. The van der Waals surface area contributed by atoms with Crippen LogP contribution in [0.4, 0.5) is 0 Å². The second-order valence-corrected chi connectivity index (χ2v) is 5.12. The first-order valence-electron chi connectivity index (χ1n) is 6.93. The van der Waals surface area contributed by atoms with Gasteiger partial charge in [0.15, 0.2) is 6.61 Å². The summed E-state index contributed by atoms with van der Waals surface area (Å²) in [6, 6.07) is 7.43. The highest BCUT2D eigenvalue weighted by atomic mass is 16.5. The van der Waals surface area contributed by atoms with E-state index in [4.69, 9.17) is 4.74 Å². The van der Waals surface area contributed by atoms with Crippen molar-refractivity contribution >= 4 is 11.8 Å². The number of aryl methyl sites for hydroxylation is 1. The molecule has 2 amide bonds. The third-order valence-corrected chi connectivity index (χ3v) is 3.44. The number of ether oxygens (including phenoxy) is 1. The first-order valence-corrected chi connectivity index (χ1v) is 6.93. The topological polar surface area (TPSA) is 67.4 Å². The molecule has 1 fully saturated rings. The van der Waals surface area contributed by atoms with Gasteiger partial charge in [0.25, 0.3) is 5.91 Å². The Hall–Kier alpha value is -2.04. The van der Waals surface area contributed by atoms with E-state index in [9.17, 15) is 9.59 Å². The molecule has 1 saturated carbocycles. The lowest BCUT2D eigenvalue weighted by atomic mass is 10.1. The Morgan fingerprint density at radius 3 is 2.45 bits per heavy atom. The molecule has 0 atom stereocenters. The van der Waals surface area contributed by atoms with Crippen molar-refractivity contribution in [1.29, 1.82) is 0 Å². The van der Waals surface area contributed by atoms with E-state index in [1.807, 2.05) is 19.1 Å². The number of nitrogens with one attached hydrogen (secondary N) is 2. The maximum Gasteiger partial charge on any atom is 0.276 e. The van der Waals surface area contributed by atoms with Gasteiger partial charge in [-0.1, -0.05) is 30.5 Å². The van der Waals surface area contributed by atoms with Gasteiger partial charge in [0.05, 0.1) is 0 Å². The van der Waals surface area contributed by atoms with Crippen LogP contribution in [0.3, 0.4) is 0 Å². The van der Waals surface area contributed by atoms with E-state index in [1.165, 1.54) is 0 Å². The number of amides is 2. The minimum Gasteiger partial charge on any atom is -0.484 e. The third-order valence-electron chi connectivity index (χ3n) is 3.44. The summed E-state index contributed by atoms with van der Waals surface area (Å²) in [5.41, 5.74) is 5.96. The molecule has 1 aromatic carbocycles. The molecule has 1 aliphatic rings. The van der Waals surface area contributed by atoms with Gasteiger partial charge in [-0.2, -0.15) is 0 Å². The first-order chi connectivity index (χ1) is 9.65. The zero-order valence-electron chi connectivity index (χ0n) is 11.6. The maximum atomic E-state index is 11.7. The van der Waals surface area contributed by atoms with Crippen LogP contribution in [-0.4, -0.2) is 18.4 Å². The van der Waals surface area contributed by atoms with Gasteiger partial charge in [-0.05, 0) is 31.9 Å². The third kappa shape index (κ3) is 4.26. The van der Waals surface area contributed by atoms with Crippen LogP contribution in [0, 0.1) is 12.8 Å². The van der Waals surface area contributed by atoms with Crippen molar-refractivity contribution in [1.82, 2.24) is 10.9 Å². The Labute approximate surface area is 118 Å². The predicted molar refractivity (Wildman–Crippen MR) is 74.9 cm³/mol. The monoisotopic (exact) mass is 276 g/mol. The van der Waals surface area contributed by atoms with Gasteiger partial charge < -0.3 is 4.74 Å². The molecule has 0 aliphatic heterocycles. The summed E-state index contributed by atoms with van der Waals surface area (Å²) in [6.45, 7) is 1.86. The highest BCUT2D eigenvalue weighted by Gasteiger charge is 2.22. The Balaban J connectivity index is 1.67. The molecule has 5 nitrogen and oxygen atoms in total. The molecule has 5 heteroatoms. The van der Waals surface area contributed by atoms with Crippen molar-refractivity contribution in [2.45, 2.75) is 32.6 Å². The van der Waals surface area contributed by atoms with Crippen molar-refractivity contribution in [3.8, 4) is 5.75 Å². The van der Waals surface area contributed by atoms with Crippen molar-refractivity contribution in [2.24, 2.45) is 5.92 Å². The lowest BCUT2D eigenvalue weighted by molar-refractivity contribution is -0.132. The maximum absolute atomic E-state index is 11.7. The molecule has 0 unspecified atom stereocenters. The fourth-order valence-electron chi connectivity index (χ4n) is 2.24. The molecule has 0 spiro atoms. The van der Waals surface area contributed by atoms with Crippen molar-refractivity contribution < 1.29 is 14.3 Å². The number of carbonyl (C=O) groups excluding carboxylic acids is 2. The van der Waals surface area contributed by atoms with E-state index >= 15 is 0 Å². The van der Waals surface area contributed by atoms with Crippen LogP contribution in [-0.2, 0) is 9.59 Å². The molecule has 2 rings (SSSR count). The molecule has 1 aromatic rings. The van der Waals surface area contributed by atoms with E-state index in [2.05, 4.69) is 10.9 Å². The molecule has 0 aromatic heterocycles. The minimum atomic E-state index is -0.364. The molecule has 0 saturated heterocycles. The number of hydrogen-bond donors (Lipinski definition) is 2. The average Bonchev–Trinajstić information content (AvgIpc) is 2.98. The number of hydrogen-bond acceptors (Lipinski definition) is 3. The summed E-state index contributed by atoms with van der Waals surface area (Å²) in [7, 11) is 0. The summed E-state index contributed by atoms with van der Waals surface area (Å²) >= 11 is 0. The summed E-state index contributed by atoms with van der Waals surface area (Å²) in [5.74, 6) is 0.198. The van der Waals surface area contributed by atoms with E-state index in [0.717, 1.165) is 31.2 Å². The van der Waals surface area contributed by atoms with Gasteiger partial charge in [0.2, 0.25) is 5.91 Å². The molecule has 0 heterocycles. The number of benzene rings is 1. The highest BCUT2D eigenvalue weighted by molar-refractivity contribution is 5.84. The number of rotatable bonds is 4. The molecule has 1 aliphatic carbocycles. The molecular weight excluding hydrogens is 256 g/mol. The second-order valence-electron chi connectivity index (χ2n) is 5.12. The highest BCUT2D eigenvalue weighted by Crippen LogP contribution is 2.24. The fraction of sp³-hybridized carbons (Fsp3) is 0.467. The lowest BCUT2D eigenvalue weighted by Crippen LogP contribution is -2.45. The van der Waals surface area contributed by atoms with Crippen LogP contribution in [0.2, 0.25) is 0 Å². The molecule has 108 valence electrons. The van der Waals surface area contributed by atoms with Crippen LogP contribution in [0.1, 0.15) is 31.2 Å². The van der Waals surface area contributed by atoms with Crippen molar-refractivity contribution in [3.63, 3.8) is 0 Å². The van der Waals surface area contributed by atoms with Crippen LogP contribution in [0.5, 0.6) is 5.75 Å². The van der Waals surface area contributed by atoms with Gasteiger partial charge in [0, 0.05) is 5.92 Å². The van der Waals surface area contributed by atoms with Gasteiger partial charge in [-0.25, -0.2) is 0 Å². The summed E-state index contributed by atoms with van der Waals surface area (Å²) in [6.07, 6.45) is 3.98. The summed E-state index contributed by atoms with van der Waals surface area (Å²) in [4.78, 5) is 23.2. The SMILES string of the molecule is Cc1ccc(OCC(=O)NNC(=O)C2CCCC2)cc1. The summed E-state index contributed by atoms with van der Waals surface area (Å²) in [5, 5.41) is 0. The van der Waals surface area contributed by atoms with Gasteiger partial charge in [0.1, 0.15) is 5.75 Å². The Bertz CT molecular complexity index is 465. The van der Waals surface area contributed by atoms with Crippen LogP contribution < -0.4 is 15.6 Å². The normalized spacial score (nSPS) is 14.8. The zero-order chi connectivity index (χ0) is 14.4. The first kappa shape index (κ1) is 14.4. The standard InChI is InChI=1S/C15H20N2O3/c1-11-6-8-13(9-7-11)20-10-14(18)16-17-15(19)12-4-2-3-5-12/h6-9,12H,2-5,10H2,1H3,(H,16,18)(H,17,19). The summed E-state index contributed by atoms with van der Waals surface area (Å²) < 4.78 is 5.32. The molecule has 0 bridgehead atoms. The van der Waals surface area contributed by atoms with Gasteiger partial charge in [-0.3, -0.25) is 20.4 Å². The Kier molecular flexibility index (Phi) is 4.98. The molecular formula is C15H20N2O3. The van der Waals surface area contributed by atoms with Crippen molar-refractivity contribution in [3.05, 3.63) is 29.8 Å². The fourth-order valence-corrected chi connectivity index (χ4v) is 2.24. The smallest absolute Gasteiger partial charge is 0.276 e. The van der Waals surface area contributed by atoms with E-state index in [-0.39, 0.29) is 24.3 Å². The molecule has 20 heavy (non-hydrogen) atoms. The van der Waals surface area contributed by atoms with Crippen LogP contribution in [0.15, 0.2) is 24.3 Å². The Morgan fingerprint density at radius 1 is 1.15 bits per heavy atom. The van der Waals surface area contributed by atoms with E-state index in [1.54, 1.807) is 12.1 Å². The average molecular weight is 276 g/mol. The number of carbonyl (C=O) groups is 2. The second kappa shape index (κ2) is 6.93. The number of hydrazine groups is 1. The lowest BCUT2D eigenvalue weighted by Gasteiger charge is -2.12.